The fourth-order valence-electron chi connectivity index (χ4n) is 2.32. The number of aromatic nitrogens is 1. The Morgan fingerprint density at radius 2 is 1.83 bits per heavy atom. The molecule has 0 saturated heterocycles. The molecule has 0 fully saturated rings. The van der Waals surface area contributed by atoms with E-state index in [0.717, 1.165) is 11.1 Å². The lowest BCUT2D eigenvalue weighted by Gasteiger charge is -2.10. The van der Waals surface area contributed by atoms with Crippen molar-refractivity contribution in [3.05, 3.63) is 53.4 Å². The molecule has 1 N–H and O–H groups in total. The fourth-order valence-corrected chi connectivity index (χ4v) is 3.64. The quantitative estimate of drug-likeness (QED) is 0.788. The average molecular weight is 332 g/mol. The smallest absolute Gasteiger partial charge is 0.265 e. The summed E-state index contributed by atoms with van der Waals surface area (Å²) in [6.45, 7) is 5.40. The van der Waals surface area contributed by atoms with Gasteiger partial charge in [0.2, 0.25) is 5.76 Å². The molecule has 120 valence electrons. The molecule has 3 rings (SSSR count). The second kappa shape index (κ2) is 5.58. The van der Waals surface area contributed by atoms with Crippen molar-refractivity contribution in [3.8, 4) is 11.5 Å². The van der Waals surface area contributed by atoms with Gasteiger partial charge in [0.15, 0.2) is 5.76 Å². The topological polar surface area (TPSA) is 85.3 Å². The number of hydrogen-bond donors (Lipinski definition) is 1. The molecule has 23 heavy (non-hydrogen) atoms. The van der Waals surface area contributed by atoms with Crippen LogP contribution in [0.2, 0.25) is 0 Å². The molecule has 0 amide bonds. The van der Waals surface area contributed by atoms with Crippen LogP contribution in [0.25, 0.3) is 11.5 Å². The van der Waals surface area contributed by atoms with Gasteiger partial charge >= 0.3 is 0 Å². The highest BCUT2D eigenvalue weighted by Gasteiger charge is 2.23. The summed E-state index contributed by atoms with van der Waals surface area (Å²) >= 11 is 0. The maximum atomic E-state index is 12.6. The minimum Gasteiger partial charge on any atom is -0.456 e. The van der Waals surface area contributed by atoms with Crippen LogP contribution in [0.1, 0.15) is 16.9 Å². The summed E-state index contributed by atoms with van der Waals surface area (Å²) in [7, 11) is -3.76. The summed E-state index contributed by atoms with van der Waals surface area (Å²) < 4.78 is 38.3. The van der Waals surface area contributed by atoms with Crippen molar-refractivity contribution >= 4 is 15.7 Å². The molecule has 6 nitrogen and oxygen atoms in total. The van der Waals surface area contributed by atoms with E-state index in [1.807, 2.05) is 26.0 Å². The van der Waals surface area contributed by atoms with Crippen LogP contribution in [-0.4, -0.2) is 13.6 Å². The maximum absolute atomic E-state index is 12.6. The number of nitrogens with one attached hydrogen (secondary N) is 1. The maximum Gasteiger partial charge on any atom is 0.265 e. The number of hydrogen-bond acceptors (Lipinski definition) is 5. The van der Waals surface area contributed by atoms with Crippen LogP contribution in [0.3, 0.4) is 0 Å². The number of anilines is 1. The van der Waals surface area contributed by atoms with Gasteiger partial charge in [-0.1, -0.05) is 22.9 Å². The van der Waals surface area contributed by atoms with E-state index < -0.39 is 10.0 Å². The molecule has 0 atom stereocenters. The van der Waals surface area contributed by atoms with E-state index in [2.05, 4.69) is 9.88 Å². The van der Waals surface area contributed by atoms with Crippen LogP contribution in [-0.2, 0) is 10.0 Å². The highest BCUT2D eigenvalue weighted by Crippen LogP contribution is 2.29. The van der Waals surface area contributed by atoms with Crippen molar-refractivity contribution in [2.24, 2.45) is 0 Å². The van der Waals surface area contributed by atoms with Gasteiger partial charge in [-0.25, -0.2) is 8.42 Å². The number of nitrogens with zero attached hydrogens (tertiary/aromatic N) is 1. The second-order valence-electron chi connectivity index (χ2n) is 5.33. The van der Waals surface area contributed by atoms with Gasteiger partial charge in [0.25, 0.3) is 10.0 Å². The molecule has 0 radical (unpaired) electrons. The van der Waals surface area contributed by atoms with E-state index in [9.17, 15) is 8.42 Å². The molecule has 0 unspecified atom stereocenters. The van der Waals surface area contributed by atoms with E-state index in [1.54, 1.807) is 19.1 Å². The molecular formula is C16H16N2O4S. The summed E-state index contributed by atoms with van der Waals surface area (Å²) in [6, 6.07) is 8.55. The zero-order chi connectivity index (χ0) is 16.6. The summed E-state index contributed by atoms with van der Waals surface area (Å²) in [4.78, 5) is 0.0730. The molecule has 0 aliphatic heterocycles. The highest BCUT2D eigenvalue weighted by atomic mass is 32.2. The Bertz CT molecular complexity index is 941. The molecular weight excluding hydrogens is 316 g/mol. The first-order valence-electron chi connectivity index (χ1n) is 6.98. The third kappa shape index (κ3) is 3.00. The fraction of sp³-hybridized carbons (Fsp3) is 0.188. The minimum atomic E-state index is -3.76. The van der Waals surface area contributed by atoms with Gasteiger partial charge in [-0.3, -0.25) is 4.72 Å². The van der Waals surface area contributed by atoms with Crippen molar-refractivity contribution in [2.75, 3.05) is 4.72 Å². The zero-order valence-electron chi connectivity index (χ0n) is 13.0. The summed E-state index contributed by atoms with van der Waals surface area (Å²) in [5.74, 6) is 0.982. The van der Waals surface area contributed by atoms with Crippen LogP contribution < -0.4 is 4.72 Å². The minimum absolute atomic E-state index is 0.0730. The van der Waals surface area contributed by atoms with E-state index in [-0.39, 0.29) is 10.7 Å². The van der Waals surface area contributed by atoms with Gasteiger partial charge < -0.3 is 8.94 Å². The van der Waals surface area contributed by atoms with Crippen LogP contribution in [0.4, 0.5) is 5.69 Å². The van der Waals surface area contributed by atoms with Crippen molar-refractivity contribution in [1.29, 1.82) is 0 Å². The van der Waals surface area contributed by atoms with Gasteiger partial charge in [0.05, 0.1) is 11.9 Å². The molecule has 0 aliphatic rings. The predicted octanol–water partition coefficient (Wildman–Crippen LogP) is 3.66. The number of furan rings is 1. The first-order valence-corrected chi connectivity index (χ1v) is 8.47. The van der Waals surface area contributed by atoms with Gasteiger partial charge in [-0.2, -0.15) is 0 Å². The molecule has 3 aromatic rings. The first-order chi connectivity index (χ1) is 10.9. The Balaban J connectivity index is 1.97. The Kier molecular flexibility index (Phi) is 3.73. The lowest BCUT2D eigenvalue weighted by Crippen LogP contribution is -2.14. The second-order valence-corrected chi connectivity index (χ2v) is 6.98. The molecule has 2 aromatic heterocycles. The number of rotatable bonds is 4. The lowest BCUT2D eigenvalue weighted by atomic mass is 10.1. The largest absolute Gasteiger partial charge is 0.456 e. The highest BCUT2D eigenvalue weighted by molar-refractivity contribution is 7.92. The number of aryl methyl sites for hydroxylation is 3. The lowest BCUT2D eigenvalue weighted by molar-refractivity contribution is 0.414. The summed E-state index contributed by atoms with van der Waals surface area (Å²) in [5, 5.41) is 3.59. The van der Waals surface area contributed by atoms with Crippen molar-refractivity contribution in [1.82, 2.24) is 5.16 Å². The van der Waals surface area contributed by atoms with E-state index in [4.69, 9.17) is 8.94 Å². The molecule has 0 aliphatic carbocycles. The first kappa shape index (κ1) is 15.4. The molecule has 2 heterocycles. The number of benzene rings is 1. The van der Waals surface area contributed by atoms with Crippen LogP contribution in [0.15, 0.2) is 50.4 Å². The molecule has 1 aromatic carbocycles. The van der Waals surface area contributed by atoms with E-state index >= 15 is 0 Å². The van der Waals surface area contributed by atoms with E-state index in [0.29, 0.717) is 17.2 Å². The third-order valence-electron chi connectivity index (χ3n) is 3.47. The molecule has 0 bridgehead atoms. The van der Waals surface area contributed by atoms with Gasteiger partial charge in [-0.05, 0) is 32.4 Å². The van der Waals surface area contributed by atoms with Crippen molar-refractivity contribution in [2.45, 2.75) is 25.7 Å². The van der Waals surface area contributed by atoms with E-state index in [1.165, 1.54) is 12.3 Å². The van der Waals surface area contributed by atoms with Crippen molar-refractivity contribution < 1.29 is 17.4 Å². The van der Waals surface area contributed by atoms with Crippen LogP contribution in [0.5, 0.6) is 0 Å². The third-order valence-corrected chi connectivity index (χ3v) is 4.94. The summed E-state index contributed by atoms with van der Waals surface area (Å²) in [6.07, 6.45) is 1.47. The van der Waals surface area contributed by atoms with Crippen molar-refractivity contribution in [3.63, 3.8) is 0 Å². The van der Waals surface area contributed by atoms with Crippen LogP contribution >= 0.6 is 0 Å². The monoisotopic (exact) mass is 332 g/mol. The molecule has 0 spiro atoms. The predicted molar refractivity (Wildman–Crippen MR) is 85.7 cm³/mol. The Hall–Kier alpha value is -2.54. The van der Waals surface area contributed by atoms with Gasteiger partial charge in [-0.15, -0.1) is 0 Å². The SMILES string of the molecule is Cc1ccc(NS(=O)(=O)c2cc(-c3ccno3)oc2C)c(C)c1. The molecule has 7 heteroatoms. The Morgan fingerprint density at radius 1 is 1.04 bits per heavy atom. The normalized spacial score (nSPS) is 11.6. The van der Waals surface area contributed by atoms with Gasteiger partial charge in [0.1, 0.15) is 10.7 Å². The Morgan fingerprint density at radius 3 is 2.48 bits per heavy atom. The summed E-state index contributed by atoms with van der Waals surface area (Å²) in [5.41, 5.74) is 2.46. The van der Waals surface area contributed by atoms with Gasteiger partial charge in [0, 0.05) is 12.1 Å². The van der Waals surface area contributed by atoms with Crippen LogP contribution in [0, 0.1) is 20.8 Å². The Labute approximate surface area is 134 Å². The zero-order valence-corrected chi connectivity index (χ0v) is 13.8. The standard InChI is InChI=1S/C16H16N2O4S/c1-10-4-5-13(11(2)8-10)18-23(19,20)16-9-15(21-12(16)3)14-6-7-17-22-14/h4-9,18H,1-3H3. The molecule has 0 saturated carbocycles. The number of sulfonamides is 1. The average Bonchev–Trinajstić information content (AvgIpc) is 3.11.